The van der Waals surface area contributed by atoms with Crippen LogP contribution in [0.2, 0.25) is 0 Å². The van der Waals surface area contributed by atoms with Gasteiger partial charge in [0.2, 0.25) is 0 Å². The second-order valence-electron chi connectivity index (χ2n) is 1.43. The molecule has 0 bridgehead atoms. The molecule has 0 amide bonds. The van der Waals surface area contributed by atoms with E-state index < -0.39 is 18.8 Å². The molecular weight excluding hydrogens is 152 g/mol. The average Bonchev–Trinajstić information content (AvgIpc) is 1.88. The lowest BCUT2D eigenvalue weighted by atomic mass is 10.5. The van der Waals surface area contributed by atoms with Crippen LogP contribution in [0.25, 0.3) is 0 Å². The van der Waals surface area contributed by atoms with E-state index in [4.69, 9.17) is 0 Å². The molecule has 0 saturated heterocycles. The Balaban J connectivity index is 3.40. The summed E-state index contributed by atoms with van der Waals surface area (Å²) in [4.78, 5) is 0. The molecule has 0 fully saturated rings. The maximum Gasteiger partial charge on any atom is 0.342 e. The Morgan fingerprint density at radius 1 is 1.20 bits per heavy atom. The molecule has 0 aliphatic carbocycles. The van der Waals surface area contributed by atoms with Crippen molar-refractivity contribution < 1.29 is 22.3 Å². The van der Waals surface area contributed by atoms with E-state index in [0.717, 1.165) is 0 Å². The van der Waals surface area contributed by atoms with Crippen LogP contribution >= 0.6 is 0 Å². The van der Waals surface area contributed by atoms with Crippen LogP contribution in [0.4, 0.5) is 17.6 Å². The molecule has 0 atom stereocenters. The summed E-state index contributed by atoms with van der Waals surface area (Å²) in [7, 11) is 0. The minimum Gasteiger partial charge on any atom is -0.467 e. The highest BCUT2D eigenvalue weighted by molar-refractivity contribution is 4.80. The molecule has 0 heterocycles. The van der Waals surface area contributed by atoms with Gasteiger partial charge >= 0.3 is 12.1 Å². The quantitative estimate of drug-likeness (QED) is 0.346. The maximum atomic E-state index is 11.6. The Hall–Kier alpha value is -0.740. The standard InChI is InChI=1S/C5H6F4O/c6-2-1-3-10-5(9)4(7)8/h1-3H2. The predicted molar refractivity (Wildman–Crippen MR) is 26.9 cm³/mol. The molecule has 0 unspecified atom stereocenters. The molecule has 60 valence electrons. The van der Waals surface area contributed by atoms with Gasteiger partial charge in [0.1, 0.15) is 0 Å². The molecule has 0 rings (SSSR count). The van der Waals surface area contributed by atoms with Crippen molar-refractivity contribution in [3.63, 3.8) is 0 Å². The third-order valence-electron chi connectivity index (χ3n) is 0.655. The van der Waals surface area contributed by atoms with Gasteiger partial charge in [-0.15, -0.1) is 0 Å². The Bertz CT molecular complexity index is 119. The van der Waals surface area contributed by atoms with Crippen LogP contribution in [-0.2, 0) is 4.74 Å². The van der Waals surface area contributed by atoms with Crippen molar-refractivity contribution in [2.45, 2.75) is 6.42 Å². The van der Waals surface area contributed by atoms with Crippen LogP contribution < -0.4 is 0 Å². The van der Waals surface area contributed by atoms with Gasteiger partial charge in [0.25, 0.3) is 0 Å². The van der Waals surface area contributed by atoms with E-state index in [1.54, 1.807) is 0 Å². The number of hydrogen-bond acceptors (Lipinski definition) is 1. The van der Waals surface area contributed by atoms with Crippen molar-refractivity contribution in [2.75, 3.05) is 13.3 Å². The molecule has 0 saturated carbocycles. The minimum atomic E-state index is -2.51. The van der Waals surface area contributed by atoms with Crippen molar-refractivity contribution in [1.82, 2.24) is 0 Å². The summed E-state index contributed by atoms with van der Waals surface area (Å²) in [6.45, 7) is -1.07. The molecule has 5 heteroatoms. The van der Waals surface area contributed by atoms with Crippen LogP contribution in [0.3, 0.4) is 0 Å². The van der Waals surface area contributed by atoms with Gasteiger partial charge in [-0.2, -0.15) is 13.2 Å². The Morgan fingerprint density at radius 3 is 2.20 bits per heavy atom. The van der Waals surface area contributed by atoms with Crippen LogP contribution in [0.1, 0.15) is 6.42 Å². The molecule has 0 aliphatic heterocycles. The highest BCUT2D eigenvalue weighted by Crippen LogP contribution is 2.10. The van der Waals surface area contributed by atoms with Gasteiger partial charge in [-0.25, -0.2) is 0 Å². The minimum absolute atomic E-state index is 0.0826. The van der Waals surface area contributed by atoms with Crippen LogP contribution in [0, 0.1) is 0 Å². The molecule has 0 aromatic carbocycles. The number of halogens is 4. The zero-order chi connectivity index (χ0) is 7.98. The molecule has 0 aromatic heterocycles. The summed E-state index contributed by atoms with van der Waals surface area (Å²) < 4.78 is 48.9. The van der Waals surface area contributed by atoms with Gasteiger partial charge in [-0.3, -0.25) is 4.39 Å². The zero-order valence-electron chi connectivity index (χ0n) is 5.04. The Labute approximate surface area is 55.3 Å². The van der Waals surface area contributed by atoms with Crippen molar-refractivity contribution in [2.24, 2.45) is 0 Å². The Morgan fingerprint density at radius 2 is 1.80 bits per heavy atom. The summed E-state index contributed by atoms with van der Waals surface area (Å²) in [5.74, 6) is 0. The lowest BCUT2D eigenvalue weighted by Gasteiger charge is -1.97. The van der Waals surface area contributed by atoms with Crippen LogP contribution in [0.5, 0.6) is 0 Å². The molecule has 1 nitrogen and oxygen atoms in total. The zero-order valence-corrected chi connectivity index (χ0v) is 5.04. The first-order valence-electron chi connectivity index (χ1n) is 2.58. The van der Waals surface area contributed by atoms with Crippen molar-refractivity contribution >= 4 is 0 Å². The van der Waals surface area contributed by atoms with Gasteiger partial charge in [0, 0.05) is 6.42 Å². The van der Waals surface area contributed by atoms with Gasteiger partial charge in [0.05, 0.1) is 13.3 Å². The number of rotatable bonds is 4. The molecule has 0 spiro atoms. The summed E-state index contributed by atoms with van der Waals surface area (Å²) in [5, 5.41) is 0. The second kappa shape index (κ2) is 5.08. The van der Waals surface area contributed by atoms with E-state index in [-0.39, 0.29) is 13.0 Å². The topological polar surface area (TPSA) is 9.23 Å². The predicted octanol–water partition coefficient (Wildman–Crippen LogP) is 2.40. The molecule has 0 radical (unpaired) electrons. The lowest BCUT2D eigenvalue weighted by molar-refractivity contribution is 0.113. The first-order valence-corrected chi connectivity index (χ1v) is 2.58. The molecule has 10 heavy (non-hydrogen) atoms. The highest BCUT2D eigenvalue weighted by atomic mass is 19.3. The maximum absolute atomic E-state index is 11.6. The third kappa shape index (κ3) is 4.17. The fraction of sp³-hybridized carbons (Fsp3) is 0.600. The number of ether oxygens (including phenoxy) is 1. The fourth-order valence-electron chi connectivity index (χ4n) is 0.271. The monoisotopic (exact) mass is 158 g/mol. The third-order valence-corrected chi connectivity index (χ3v) is 0.655. The molecule has 0 aromatic rings. The average molecular weight is 158 g/mol. The van der Waals surface area contributed by atoms with Gasteiger partial charge in [-0.1, -0.05) is 0 Å². The first kappa shape index (κ1) is 9.26. The summed E-state index contributed by atoms with van der Waals surface area (Å²) in [5.41, 5.74) is 0. The van der Waals surface area contributed by atoms with E-state index in [2.05, 4.69) is 4.74 Å². The summed E-state index contributed by atoms with van der Waals surface area (Å²) in [6.07, 6.45) is -2.60. The molecule has 0 aliphatic rings. The summed E-state index contributed by atoms with van der Waals surface area (Å²) >= 11 is 0. The Kier molecular flexibility index (Phi) is 4.70. The first-order chi connectivity index (χ1) is 4.68. The van der Waals surface area contributed by atoms with Gasteiger partial charge < -0.3 is 4.74 Å². The van der Waals surface area contributed by atoms with Crippen molar-refractivity contribution in [3.05, 3.63) is 12.1 Å². The fourth-order valence-corrected chi connectivity index (χ4v) is 0.271. The van der Waals surface area contributed by atoms with Gasteiger partial charge in [-0.05, 0) is 0 Å². The van der Waals surface area contributed by atoms with E-state index >= 15 is 0 Å². The number of hydrogen-bond donors (Lipinski definition) is 0. The van der Waals surface area contributed by atoms with E-state index in [1.807, 2.05) is 0 Å². The summed E-state index contributed by atoms with van der Waals surface area (Å²) in [6, 6.07) is -1.92. The van der Waals surface area contributed by atoms with Crippen LogP contribution in [-0.4, -0.2) is 13.3 Å². The van der Waals surface area contributed by atoms with E-state index in [1.165, 1.54) is 0 Å². The second-order valence-corrected chi connectivity index (χ2v) is 1.43. The molecular formula is C5H6F4O. The largest absolute Gasteiger partial charge is 0.467 e. The smallest absolute Gasteiger partial charge is 0.342 e. The normalized spacial score (nSPS) is 9.20. The van der Waals surface area contributed by atoms with E-state index in [0.29, 0.717) is 0 Å². The SMILES string of the molecule is FCCCOC(F)=C(F)F. The van der Waals surface area contributed by atoms with Gasteiger partial charge in [0.15, 0.2) is 0 Å². The van der Waals surface area contributed by atoms with Crippen molar-refractivity contribution in [3.8, 4) is 0 Å². The lowest BCUT2D eigenvalue weighted by Crippen LogP contribution is -1.92. The highest BCUT2D eigenvalue weighted by Gasteiger charge is 2.04. The van der Waals surface area contributed by atoms with Crippen molar-refractivity contribution in [1.29, 1.82) is 0 Å². The van der Waals surface area contributed by atoms with E-state index in [9.17, 15) is 17.6 Å². The number of alkyl halides is 1. The molecule has 0 N–H and O–H groups in total. The van der Waals surface area contributed by atoms with Crippen LogP contribution in [0.15, 0.2) is 12.1 Å².